The first-order chi connectivity index (χ1) is 8.52. The van der Waals surface area contributed by atoms with Crippen molar-refractivity contribution in [1.82, 2.24) is 4.90 Å². The van der Waals surface area contributed by atoms with Crippen LogP contribution in [0, 0.1) is 0 Å². The van der Waals surface area contributed by atoms with E-state index in [0.29, 0.717) is 24.9 Å². The number of nitrogens with zero attached hydrogens (tertiary/aromatic N) is 1. The number of carbonyl (C=O) groups is 2. The van der Waals surface area contributed by atoms with Crippen LogP contribution in [0.25, 0.3) is 0 Å². The van der Waals surface area contributed by atoms with Gasteiger partial charge in [0.05, 0.1) is 0 Å². The Balaban J connectivity index is 2.67. The van der Waals surface area contributed by atoms with Crippen LogP contribution in [0.15, 0.2) is 30.3 Å². The van der Waals surface area contributed by atoms with Gasteiger partial charge in [0.1, 0.15) is 0 Å². The summed E-state index contributed by atoms with van der Waals surface area (Å²) in [6.45, 7) is 4.48. The minimum Gasteiger partial charge on any atom is -0.370 e. The third kappa shape index (κ3) is 4.20. The van der Waals surface area contributed by atoms with E-state index in [1.165, 1.54) is 0 Å². The smallest absolute Gasteiger partial charge is 0.254 e. The number of hydrogen-bond donors (Lipinski definition) is 1. The molecule has 2 N–H and O–H groups in total. The lowest BCUT2D eigenvalue weighted by atomic mass is 10.1. The molecule has 0 aliphatic heterocycles. The number of amides is 2. The molecule has 0 aliphatic rings. The first-order valence-corrected chi connectivity index (χ1v) is 6.16. The normalized spacial score (nSPS) is 10.4. The van der Waals surface area contributed by atoms with Crippen molar-refractivity contribution in [2.75, 3.05) is 6.54 Å². The molecular formula is C14H20N2O2. The van der Waals surface area contributed by atoms with Gasteiger partial charge in [-0.1, -0.05) is 18.2 Å². The maximum absolute atomic E-state index is 12.3. The van der Waals surface area contributed by atoms with Gasteiger partial charge in [-0.25, -0.2) is 0 Å². The molecule has 1 rings (SSSR count). The lowest BCUT2D eigenvalue weighted by Gasteiger charge is -2.26. The van der Waals surface area contributed by atoms with E-state index in [4.69, 9.17) is 5.73 Å². The Morgan fingerprint density at radius 2 is 1.83 bits per heavy atom. The first kappa shape index (κ1) is 14.2. The second-order valence-electron chi connectivity index (χ2n) is 4.53. The van der Waals surface area contributed by atoms with Crippen molar-refractivity contribution in [3.8, 4) is 0 Å². The van der Waals surface area contributed by atoms with Crippen molar-refractivity contribution in [2.24, 2.45) is 5.73 Å². The molecule has 0 spiro atoms. The molecule has 0 saturated carbocycles. The number of hydrogen-bond acceptors (Lipinski definition) is 2. The molecule has 2 amide bonds. The van der Waals surface area contributed by atoms with Crippen molar-refractivity contribution < 1.29 is 9.59 Å². The van der Waals surface area contributed by atoms with Crippen LogP contribution in [-0.4, -0.2) is 29.3 Å². The van der Waals surface area contributed by atoms with Gasteiger partial charge in [0, 0.05) is 24.6 Å². The summed E-state index contributed by atoms with van der Waals surface area (Å²) in [7, 11) is 0. The number of primary amides is 1. The van der Waals surface area contributed by atoms with Crippen LogP contribution < -0.4 is 5.73 Å². The zero-order chi connectivity index (χ0) is 13.5. The lowest BCUT2D eigenvalue weighted by molar-refractivity contribution is -0.118. The zero-order valence-corrected chi connectivity index (χ0v) is 10.9. The number of rotatable bonds is 6. The van der Waals surface area contributed by atoms with Crippen LogP contribution in [0.3, 0.4) is 0 Å². The summed E-state index contributed by atoms with van der Waals surface area (Å²) in [5.41, 5.74) is 5.77. The van der Waals surface area contributed by atoms with E-state index < -0.39 is 0 Å². The molecular weight excluding hydrogens is 228 g/mol. The van der Waals surface area contributed by atoms with E-state index >= 15 is 0 Å². The van der Waals surface area contributed by atoms with E-state index in [9.17, 15) is 9.59 Å². The van der Waals surface area contributed by atoms with Crippen LogP contribution in [0.4, 0.5) is 0 Å². The van der Waals surface area contributed by atoms with Gasteiger partial charge in [-0.3, -0.25) is 9.59 Å². The molecule has 0 heterocycles. The number of nitrogens with two attached hydrogens (primary N) is 1. The van der Waals surface area contributed by atoms with Gasteiger partial charge in [-0.05, 0) is 32.4 Å². The predicted molar refractivity (Wildman–Crippen MR) is 71.0 cm³/mol. The van der Waals surface area contributed by atoms with E-state index in [-0.39, 0.29) is 17.9 Å². The van der Waals surface area contributed by atoms with Crippen LogP contribution in [0.5, 0.6) is 0 Å². The van der Waals surface area contributed by atoms with Crippen molar-refractivity contribution in [3.05, 3.63) is 35.9 Å². The van der Waals surface area contributed by atoms with E-state index in [0.717, 1.165) is 0 Å². The van der Waals surface area contributed by atoms with Crippen molar-refractivity contribution in [3.63, 3.8) is 0 Å². The molecule has 0 atom stereocenters. The minimum absolute atomic E-state index is 0.00456. The fraction of sp³-hybridized carbons (Fsp3) is 0.429. The summed E-state index contributed by atoms with van der Waals surface area (Å²) in [6.07, 6.45) is 0.914. The van der Waals surface area contributed by atoms with Crippen LogP contribution >= 0.6 is 0 Å². The summed E-state index contributed by atoms with van der Waals surface area (Å²) in [6, 6.07) is 9.26. The van der Waals surface area contributed by atoms with Gasteiger partial charge in [-0.15, -0.1) is 0 Å². The molecule has 0 unspecified atom stereocenters. The average molecular weight is 248 g/mol. The van der Waals surface area contributed by atoms with Gasteiger partial charge < -0.3 is 10.6 Å². The highest BCUT2D eigenvalue weighted by Gasteiger charge is 2.18. The summed E-state index contributed by atoms with van der Waals surface area (Å²) >= 11 is 0. The Kier molecular flexibility index (Phi) is 5.36. The quantitative estimate of drug-likeness (QED) is 0.834. The first-order valence-electron chi connectivity index (χ1n) is 6.16. The summed E-state index contributed by atoms with van der Waals surface area (Å²) in [4.78, 5) is 24.7. The lowest BCUT2D eigenvalue weighted by Crippen LogP contribution is -2.38. The van der Waals surface area contributed by atoms with Gasteiger partial charge in [0.2, 0.25) is 5.91 Å². The average Bonchev–Trinajstić information content (AvgIpc) is 2.34. The second kappa shape index (κ2) is 6.79. The Hall–Kier alpha value is -1.84. The Labute approximate surface area is 108 Å². The molecule has 98 valence electrons. The van der Waals surface area contributed by atoms with Gasteiger partial charge in [0.15, 0.2) is 0 Å². The summed E-state index contributed by atoms with van der Waals surface area (Å²) in [5.74, 6) is -0.332. The Morgan fingerprint density at radius 3 is 2.33 bits per heavy atom. The fourth-order valence-corrected chi connectivity index (χ4v) is 1.76. The molecule has 0 fully saturated rings. The van der Waals surface area contributed by atoms with Gasteiger partial charge >= 0.3 is 0 Å². The minimum atomic E-state index is -0.328. The molecule has 18 heavy (non-hydrogen) atoms. The van der Waals surface area contributed by atoms with E-state index in [1.54, 1.807) is 17.0 Å². The monoisotopic (exact) mass is 248 g/mol. The standard InChI is InChI=1S/C14H20N2O2/c1-11(2)16(10-6-9-13(15)17)14(18)12-7-4-3-5-8-12/h3-5,7-8,11H,6,9-10H2,1-2H3,(H2,15,17). The zero-order valence-electron chi connectivity index (χ0n) is 10.9. The molecule has 0 saturated heterocycles. The number of carbonyl (C=O) groups excluding carboxylic acids is 2. The van der Waals surface area contributed by atoms with Crippen LogP contribution in [0.2, 0.25) is 0 Å². The van der Waals surface area contributed by atoms with Crippen molar-refractivity contribution >= 4 is 11.8 Å². The van der Waals surface area contributed by atoms with Gasteiger partial charge in [0.25, 0.3) is 5.91 Å². The summed E-state index contributed by atoms with van der Waals surface area (Å²) in [5, 5.41) is 0. The van der Waals surface area contributed by atoms with E-state index in [1.807, 2.05) is 32.0 Å². The molecule has 0 radical (unpaired) electrons. The molecule has 0 bridgehead atoms. The topological polar surface area (TPSA) is 63.4 Å². The number of benzene rings is 1. The fourth-order valence-electron chi connectivity index (χ4n) is 1.76. The Bertz CT molecular complexity index is 402. The predicted octanol–water partition coefficient (Wildman–Crippen LogP) is 1.80. The van der Waals surface area contributed by atoms with Crippen LogP contribution in [-0.2, 0) is 4.79 Å². The van der Waals surface area contributed by atoms with E-state index in [2.05, 4.69) is 0 Å². The molecule has 0 aliphatic carbocycles. The second-order valence-corrected chi connectivity index (χ2v) is 4.53. The maximum atomic E-state index is 12.3. The maximum Gasteiger partial charge on any atom is 0.254 e. The highest BCUT2D eigenvalue weighted by molar-refractivity contribution is 5.94. The van der Waals surface area contributed by atoms with Crippen molar-refractivity contribution in [2.45, 2.75) is 32.7 Å². The van der Waals surface area contributed by atoms with Gasteiger partial charge in [-0.2, -0.15) is 0 Å². The van der Waals surface area contributed by atoms with Crippen LogP contribution in [0.1, 0.15) is 37.0 Å². The molecule has 1 aromatic carbocycles. The highest BCUT2D eigenvalue weighted by Crippen LogP contribution is 2.09. The SMILES string of the molecule is CC(C)N(CCCC(N)=O)C(=O)c1ccccc1. The Morgan fingerprint density at radius 1 is 1.22 bits per heavy atom. The third-order valence-corrected chi connectivity index (χ3v) is 2.73. The third-order valence-electron chi connectivity index (χ3n) is 2.73. The molecule has 0 aromatic heterocycles. The molecule has 1 aromatic rings. The van der Waals surface area contributed by atoms with Crippen molar-refractivity contribution in [1.29, 1.82) is 0 Å². The molecule has 4 heteroatoms. The largest absolute Gasteiger partial charge is 0.370 e. The summed E-state index contributed by atoms with van der Waals surface area (Å²) < 4.78 is 0. The molecule has 4 nitrogen and oxygen atoms in total. The highest BCUT2D eigenvalue weighted by atomic mass is 16.2.